The third-order valence-electron chi connectivity index (χ3n) is 4.22. The van der Waals surface area contributed by atoms with Crippen LogP contribution in [0.15, 0.2) is 48.7 Å². The molecule has 0 radical (unpaired) electrons. The van der Waals surface area contributed by atoms with Gasteiger partial charge in [0.1, 0.15) is 5.82 Å². The van der Waals surface area contributed by atoms with Gasteiger partial charge in [-0.25, -0.2) is 4.98 Å². The van der Waals surface area contributed by atoms with E-state index in [1.165, 1.54) is 0 Å². The Balaban J connectivity index is 1.87. The lowest BCUT2D eigenvalue weighted by Crippen LogP contribution is -2.16. The van der Waals surface area contributed by atoms with Gasteiger partial charge in [-0.15, -0.1) is 11.8 Å². The fraction of sp³-hybridized carbons (Fsp3) is 0.158. The van der Waals surface area contributed by atoms with E-state index in [0.29, 0.717) is 23.0 Å². The Kier molecular flexibility index (Phi) is 4.19. The van der Waals surface area contributed by atoms with Crippen LogP contribution in [0.1, 0.15) is 27.6 Å². The average Bonchev–Trinajstić information content (AvgIpc) is 2.88. The van der Waals surface area contributed by atoms with E-state index >= 15 is 0 Å². The minimum atomic E-state index is -0.0653. The summed E-state index contributed by atoms with van der Waals surface area (Å²) in [5.41, 5.74) is 3.46. The number of carbonyl (C=O) groups is 1. The van der Waals surface area contributed by atoms with E-state index in [9.17, 15) is 4.79 Å². The van der Waals surface area contributed by atoms with Gasteiger partial charge < -0.3 is 5.32 Å². The molecule has 1 atom stereocenters. The van der Waals surface area contributed by atoms with Crippen LogP contribution in [0.3, 0.4) is 0 Å². The zero-order valence-electron chi connectivity index (χ0n) is 14.0. The average molecular weight is 361 g/mol. The fourth-order valence-corrected chi connectivity index (χ4v) is 4.21. The molecular weight excluding hydrogens is 346 g/mol. The third kappa shape index (κ3) is 2.85. The summed E-state index contributed by atoms with van der Waals surface area (Å²) in [5, 5.41) is 16.6. The molecule has 2 aromatic heterocycles. The molecule has 0 saturated heterocycles. The highest BCUT2D eigenvalue weighted by Gasteiger charge is 2.30. The molecule has 0 fully saturated rings. The van der Waals surface area contributed by atoms with Gasteiger partial charge in [-0.2, -0.15) is 15.0 Å². The van der Waals surface area contributed by atoms with Crippen molar-refractivity contribution in [2.45, 2.75) is 12.2 Å². The van der Waals surface area contributed by atoms with Crippen LogP contribution in [0, 0.1) is 18.3 Å². The Morgan fingerprint density at radius 1 is 1.27 bits per heavy atom. The smallest absolute Gasteiger partial charge is 0.235 e. The Labute approximate surface area is 154 Å². The van der Waals surface area contributed by atoms with Gasteiger partial charge in [0, 0.05) is 11.8 Å². The van der Waals surface area contributed by atoms with Crippen LogP contribution in [-0.4, -0.2) is 26.4 Å². The van der Waals surface area contributed by atoms with Crippen molar-refractivity contribution in [2.75, 3.05) is 11.1 Å². The maximum absolute atomic E-state index is 12.3. The molecule has 1 amide bonds. The maximum atomic E-state index is 12.3. The molecule has 1 N–H and O–H groups in total. The van der Waals surface area contributed by atoms with Gasteiger partial charge in [-0.3, -0.25) is 4.79 Å². The zero-order valence-corrected chi connectivity index (χ0v) is 14.8. The Bertz CT molecular complexity index is 1000. The van der Waals surface area contributed by atoms with Crippen LogP contribution in [0.2, 0.25) is 0 Å². The van der Waals surface area contributed by atoms with Crippen molar-refractivity contribution in [3.05, 3.63) is 71.0 Å². The first kappa shape index (κ1) is 16.4. The summed E-state index contributed by atoms with van der Waals surface area (Å²) in [6, 6.07) is 15.2. The molecule has 7 heteroatoms. The number of rotatable bonds is 2. The number of fused-ring (bicyclic) bond motifs is 1. The van der Waals surface area contributed by atoms with E-state index < -0.39 is 0 Å². The number of anilines is 1. The molecule has 0 bridgehead atoms. The molecule has 26 heavy (non-hydrogen) atoms. The summed E-state index contributed by atoms with van der Waals surface area (Å²) < 4.78 is 1.69. The van der Waals surface area contributed by atoms with E-state index in [1.54, 1.807) is 34.8 Å². The standard InChI is InChI=1S/C19H15N5OS/c1-12-17-18(14-7-5-13(10-20)6-8-14)26-11-16(25)22-19(17)24(23-12)15-4-2-3-9-21-15/h2-9,18H,11H2,1H3,(H,22,25). The van der Waals surface area contributed by atoms with Gasteiger partial charge in [0.05, 0.1) is 28.3 Å². The lowest BCUT2D eigenvalue weighted by molar-refractivity contribution is -0.113. The van der Waals surface area contributed by atoms with Gasteiger partial charge >= 0.3 is 0 Å². The quantitative estimate of drug-likeness (QED) is 0.758. The number of aromatic nitrogens is 3. The van der Waals surface area contributed by atoms with E-state index in [2.05, 4.69) is 21.5 Å². The molecule has 128 valence electrons. The molecule has 1 aromatic carbocycles. The fourth-order valence-electron chi connectivity index (χ4n) is 3.02. The summed E-state index contributed by atoms with van der Waals surface area (Å²) in [6.07, 6.45) is 1.70. The van der Waals surface area contributed by atoms with Crippen LogP contribution in [0.25, 0.3) is 5.82 Å². The number of nitrogens with zero attached hydrogens (tertiary/aromatic N) is 4. The topological polar surface area (TPSA) is 83.6 Å². The Morgan fingerprint density at radius 2 is 2.08 bits per heavy atom. The van der Waals surface area contributed by atoms with Crippen LogP contribution in [0.4, 0.5) is 5.82 Å². The molecule has 1 aliphatic rings. The van der Waals surface area contributed by atoms with Crippen molar-refractivity contribution in [3.63, 3.8) is 0 Å². The van der Waals surface area contributed by atoms with Gasteiger partial charge in [0.25, 0.3) is 0 Å². The SMILES string of the molecule is Cc1nn(-c2ccccn2)c2c1C(c1ccc(C#N)cc1)SCC(=O)N2. The Morgan fingerprint density at radius 3 is 2.77 bits per heavy atom. The van der Waals surface area contributed by atoms with Crippen molar-refractivity contribution in [1.29, 1.82) is 5.26 Å². The minimum absolute atomic E-state index is 0.0471. The van der Waals surface area contributed by atoms with E-state index in [1.807, 2.05) is 37.3 Å². The number of hydrogen-bond donors (Lipinski definition) is 1. The summed E-state index contributed by atoms with van der Waals surface area (Å²) in [5.74, 6) is 1.60. The second kappa shape index (κ2) is 6.65. The highest BCUT2D eigenvalue weighted by Crippen LogP contribution is 2.43. The van der Waals surface area contributed by atoms with Crippen LogP contribution in [-0.2, 0) is 4.79 Å². The molecule has 0 saturated carbocycles. The van der Waals surface area contributed by atoms with Gasteiger partial charge in [0.2, 0.25) is 5.91 Å². The molecule has 0 spiro atoms. The molecule has 1 aliphatic heterocycles. The number of pyridine rings is 1. The lowest BCUT2D eigenvalue weighted by Gasteiger charge is -2.15. The third-order valence-corrected chi connectivity index (χ3v) is 5.49. The van der Waals surface area contributed by atoms with Crippen molar-refractivity contribution in [3.8, 4) is 11.9 Å². The monoisotopic (exact) mass is 361 g/mol. The predicted molar refractivity (Wildman–Crippen MR) is 100 cm³/mol. The molecule has 0 aliphatic carbocycles. The van der Waals surface area contributed by atoms with Crippen LogP contribution >= 0.6 is 11.8 Å². The molecule has 6 nitrogen and oxygen atoms in total. The van der Waals surface area contributed by atoms with Crippen molar-refractivity contribution < 1.29 is 4.79 Å². The van der Waals surface area contributed by atoms with Crippen molar-refractivity contribution in [1.82, 2.24) is 14.8 Å². The number of thioether (sulfide) groups is 1. The number of nitriles is 1. The highest BCUT2D eigenvalue weighted by atomic mass is 32.2. The van der Waals surface area contributed by atoms with Crippen LogP contribution in [0.5, 0.6) is 0 Å². The summed E-state index contributed by atoms with van der Waals surface area (Å²) in [4.78, 5) is 16.6. The number of nitrogens with one attached hydrogen (secondary N) is 1. The lowest BCUT2D eigenvalue weighted by atomic mass is 10.0. The molecule has 3 heterocycles. The van der Waals surface area contributed by atoms with Crippen molar-refractivity contribution in [2.24, 2.45) is 0 Å². The Hall–Kier alpha value is -3.11. The largest absolute Gasteiger partial charge is 0.310 e. The van der Waals surface area contributed by atoms with Gasteiger partial charge in [-0.05, 0) is 36.8 Å². The molecule has 1 unspecified atom stereocenters. The normalized spacial score (nSPS) is 16.3. The minimum Gasteiger partial charge on any atom is -0.310 e. The number of carbonyl (C=O) groups excluding carboxylic acids is 1. The summed E-state index contributed by atoms with van der Waals surface area (Å²) >= 11 is 1.56. The summed E-state index contributed by atoms with van der Waals surface area (Å²) in [6.45, 7) is 1.94. The summed E-state index contributed by atoms with van der Waals surface area (Å²) in [7, 11) is 0. The maximum Gasteiger partial charge on any atom is 0.235 e. The van der Waals surface area contributed by atoms with Gasteiger partial charge in [0.15, 0.2) is 5.82 Å². The second-order valence-electron chi connectivity index (χ2n) is 5.92. The number of benzene rings is 1. The molecule has 3 aromatic rings. The number of hydrogen-bond acceptors (Lipinski definition) is 5. The highest BCUT2D eigenvalue weighted by molar-refractivity contribution is 8.00. The van der Waals surface area contributed by atoms with Crippen LogP contribution < -0.4 is 5.32 Å². The molecular formula is C19H15N5OS. The predicted octanol–water partition coefficient (Wildman–Crippen LogP) is 3.22. The first-order valence-electron chi connectivity index (χ1n) is 8.10. The van der Waals surface area contributed by atoms with Gasteiger partial charge in [-0.1, -0.05) is 18.2 Å². The second-order valence-corrected chi connectivity index (χ2v) is 7.01. The first-order valence-corrected chi connectivity index (χ1v) is 9.14. The van der Waals surface area contributed by atoms with E-state index in [4.69, 9.17) is 5.26 Å². The first-order chi connectivity index (χ1) is 12.7. The zero-order chi connectivity index (χ0) is 18.1. The van der Waals surface area contributed by atoms with E-state index in [0.717, 1.165) is 16.8 Å². The van der Waals surface area contributed by atoms with E-state index in [-0.39, 0.29) is 11.2 Å². The molecule has 4 rings (SSSR count). The number of amides is 1. The van der Waals surface area contributed by atoms with Crippen molar-refractivity contribution >= 4 is 23.5 Å². The number of aryl methyl sites for hydroxylation is 1.